The highest BCUT2D eigenvalue weighted by Gasteiger charge is 2.00. The van der Waals surface area contributed by atoms with Crippen molar-refractivity contribution in [2.24, 2.45) is 0 Å². The average Bonchev–Trinajstić information content (AvgIpc) is 2.61. The van der Waals surface area contributed by atoms with Crippen LogP contribution in [-0.4, -0.2) is 26.3 Å². The van der Waals surface area contributed by atoms with E-state index in [9.17, 15) is 0 Å². The number of ether oxygens (including phenoxy) is 2. The molecule has 0 amide bonds. The Labute approximate surface area is 152 Å². The van der Waals surface area contributed by atoms with Gasteiger partial charge in [0.05, 0.1) is 0 Å². The summed E-state index contributed by atoms with van der Waals surface area (Å²) >= 11 is 0. The monoisotopic (exact) mass is 341 g/mol. The summed E-state index contributed by atoms with van der Waals surface area (Å²) in [5.74, 6) is 2.95. The van der Waals surface area contributed by atoms with Gasteiger partial charge in [0.1, 0.15) is 24.7 Å². The van der Waals surface area contributed by atoms with Gasteiger partial charge in [-0.25, -0.2) is 0 Å². The quantitative estimate of drug-likeness (QED) is 0.618. The number of hydrogen-bond acceptors (Lipinski definition) is 3. The molecule has 2 aromatic carbocycles. The molecule has 0 spiro atoms. The summed E-state index contributed by atoms with van der Waals surface area (Å²) < 4.78 is 11.5. The molecule has 2 rings (SSSR count). The van der Waals surface area contributed by atoms with Gasteiger partial charge in [-0.2, -0.15) is 0 Å². The summed E-state index contributed by atoms with van der Waals surface area (Å²) in [6.45, 7) is 11.7. The van der Waals surface area contributed by atoms with Crippen molar-refractivity contribution in [2.45, 2.75) is 39.5 Å². The van der Waals surface area contributed by atoms with Crippen molar-refractivity contribution in [1.82, 2.24) is 5.32 Å². The fraction of sp³-hybridized carbons (Fsp3) is 0.455. The zero-order valence-electron chi connectivity index (χ0n) is 15.9. The molecule has 136 valence electrons. The molecule has 0 aliphatic rings. The molecule has 0 heterocycles. The van der Waals surface area contributed by atoms with Crippen LogP contribution in [-0.2, 0) is 0 Å². The van der Waals surface area contributed by atoms with Crippen molar-refractivity contribution in [2.75, 3.05) is 26.3 Å². The first-order valence-corrected chi connectivity index (χ1v) is 9.22. The van der Waals surface area contributed by atoms with E-state index < -0.39 is 0 Å². The third-order valence-corrected chi connectivity index (χ3v) is 4.19. The number of hydrogen-bond donors (Lipinski definition) is 1. The predicted molar refractivity (Wildman–Crippen MR) is 105 cm³/mol. The van der Waals surface area contributed by atoms with Gasteiger partial charge in [0.15, 0.2) is 0 Å². The minimum atomic E-state index is 0.553. The minimum Gasteiger partial charge on any atom is -0.492 e. The van der Waals surface area contributed by atoms with Crippen molar-refractivity contribution in [3.8, 4) is 11.5 Å². The van der Waals surface area contributed by atoms with Crippen LogP contribution in [0.4, 0.5) is 0 Å². The Morgan fingerprint density at radius 1 is 0.640 bits per heavy atom. The van der Waals surface area contributed by atoms with Crippen LogP contribution >= 0.6 is 0 Å². The van der Waals surface area contributed by atoms with E-state index >= 15 is 0 Å². The lowest BCUT2D eigenvalue weighted by Crippen LogP contribution is -2.25. The van der Waals surface area contributed by atoms with Crippen molar-refractivity contribution >= 4 is 0 Å². The third-order valence-electron chi connectivity index (χ3n) is 4.19. The summed E-state index contributed by atoms with van der Waals surface area (Å²) in [6.07, 6.45) is 0. The molecule has 0 aliphatic carbocycles. The Hall–Kier alpha value is -2.00. The predicted octanol–water partition coefficient (Wildman–Crippen LogP) is 4.98. The second kappa shape index (κ2) is 10.1. The van der Waals surface area contributed by atoms with E-state index in [2.05, 4.69) is 57.3 Å². The highest BCUT2D eigenvalue weighted by atomic mass is 16.5. The molecular formula is C22H31NO2. The van der Waals surface area contributed by atoms with Crippen molar-refractivity contribution in [1.29, 1.82) is 0 Å². The Morgan fingerprint density at radius 3 is 1.32 bits per heavy atom. The number of nitrogens with one attached hydrogen (secondary N) is 1. The largest absolute Gasteiger partial charge is 0.492 e. The minimum absolute atomic E-state index is 0.553. The molecule has 0 unspecified atom stereocenters. The van der Waals surface area contributed by atoms with Crippen LogP contribution in [0.2, 0.25) is 0 Å². The van der Waals surface area contributed by atoms with Crippen LogP contribution < -0.4 is 14.8 Å². The highest BCUT2D eigenvalue weighted by molar-refractivity contribution is 5.29. The van der Waals surface area contributed by atoms with Gasteiger partial charge in [-0.15, -0.1) is 0 Å². The van der Waals surface area contributed by atoms with Crippen molar-refractivity contribution in [3.05, 3.63) is 59.7 Å². The van der Waals surface area contributed by atoms with E-state index in [-0.39, 0.29) is 0 Å². The second-order valence-corrected chi connectivity index (χ2v) is 6.89. The first-order valence-electron chi connectivity index (χ1n) is 9.22. The van der Waals surface area contributed by atoms with Crippen LogP contribution in [0.5, 0.6) is 11.5 Å². The Kier molecular flexibility index (Phi) is 7.80. The molecule has 0 bridgehead atoms. The van der Waals surface area contributed by atoms with E-state index in [4.69, 9.17) is 9.47 Å². The van der Waals surface area contributed by atoms with Gasteiger partial charge in [0.25, 0.3) is 0 Å². The van der Waals surface area contributed by atoms with Gasteiger partial charge < -0.3 is 14.8 Å². The van der Waals surface area contributed by atoms with Crippen LogP contribution in [0.1, 0.15) is 50.7 Å². The van der Waals surface area contributed by atoms with E-state index in [1.165, 1.54) is 11.1 Å². The molecule has 0 saturated heterocycles. The van der Waals surface area contributed by atoms with Gasteiger partial charge in [-0.1, -0.05) is 52.0 Å². The molecular weight excluding hydrogens is 310 g/mol. The molecule has 3 nitrogen and oxygen atoms in total. The van der Waals surface area contributed by atoms with Crippen molar-refractivity contribution in [3.63, 3.8) is 0 Å². The maximum absolute atomic E-state index is 5.74. The summed E-state index contributed by atoms with van der Waals surface area (Å²) in [5, 5.41) is 3.34. The van der Waals surface area contributed by atoms with E-state index in [1.807, 2.05) is 24.3 Å². The van der Waals surface area contributed by atoms with E-state index in [1.54, 1.807) is 0 Å². The molecule has 0 aliphatic heterocycles. The first-order chi connectivity index (χ1) is 12.1. The van der Waals surface area contributed by atoms with Crippen LogP contribution in [0.25, 0.3) is 0 Å². The van der Waals surface area contributed by atoms with Crippen LogP contribution in [0.15, 0.2) is 48.5 Å². The molecule has 0 aromatic heterocycles. The van der Waals surface area contributed by atoms with Gasteiger partial charge in [0.2, 0.25) is 0 Å². The van der Waals surface area contributed by atoms with Crippen LogP contribution in [0, 0.1) is 0 Å². The summed E-state index contributed by atoms with van der Waals surface area (Å²) in [4.78, 5) is 0. The molecule has 0 atom stereocenters. The second-order valence-electron chi connectivity index (χ2n) is 6.89. The Morgan fingerprint density at radius 2 is 1.00 bits per heavy atom. The molecule has 25 heavy (non-hydrogen) atoms. The molecule has 0 fully saturated rings. The van der Waals surface area contributed by atoms with E-state index in [0.717, 1.165) is 24.6 Å². The van der Waals surface area contributed by atoms with Gasteiger partial charge in [0, 0.05) is 13.1 Å². The average molecular weight is 341 g/mol. The molecule has 1 N–H and O–H groups in total. The molecule has 3 heteroatoms. The van der Waals surface area contributed by atoms with Gasteiger partial charge >= 0.3 is 0 Å². The standard InChI is InChI=1S/C22H31NO2/c1-17(2)19-5-9-21(10-6-19)24-15-13-23-14-16-25-22-11-7-20(8-12-22)18(3)4/h5-12,17-18,23H,13-16H2,1-4H3. The molecule has 2 aromatic rings. The molecule has 0 radical (unpaired) electrons. The third kappa shape index (κ3) is 6.79. The lowest BCUT2D eigenvalue weighted by atomic mass is 10.0. The SMILES string of the molecule is CC(C)c1ccc(OCCNCCOc2ccc(C(C)C)cc2)cc1. The maximum atomic E-state index is 5.74. The summed E-state index contributed by atoms with van der Waals surface area (Å²) in [5.41, 5.74) is 2.67. The summed E-state index contributed by atoms with van der Waals surface area (Å²) in [6, 6.07) is 16.7. The maximum Gasteiger partial charge on any atom is 0.119 e. The van der Waals surface area contributed by atoms with Gasteiger partial charge in [-0.05, 0) is 47.2 Å². The fourth-order valence-electron chi connectivity index (χ4n) is 2.51. The Balaban J connectivity index is 1.56. The topological polar surface area (TPSA) is 30.5 Å². The van der Waals surface area contributed by atoms with Crippen molar-refractivity contribution < 1.29 is 9.47 Å². The smallest absolute Gasteiger partial charge is 0.119 e. The summed E-state index contributed by atoms with van der Waals surface area (Å²) in [7, 11) is 0. The lowest BCUT2D eigenvalue weighted by molar-refractivity contribution is 0.289. The van der Waals surface area contributed by atoms with E-state index in [0.29, 0.717) is 25.0 Å². The highest BCUT2D eigenvalue weighted by Crippen LogP contribution is 2.19. The molecule has 0 saturated carbocycles. The zero-order chi connectivity index (χ0) is 18.1. The first kappa shape index (κ1) is 19.3. The fourth-order valence-corrected chi connectivity index (χ4v) is 2.51. The zero-order valence-corrected chi connectivity index (χ0v) is 15.9. The van der Waals surface area contributed by atoms with Gasteiger partial charge in [-0.3, -0.25) is 0 Å². The normalized spacial score (nSPS) is 11.1. The number of benzene rings is 2. The lowest BCUT2D eigenvalue weighted by Gasteiger charge is -2.11. The Bertz CT molecular complexity index is 547. The number of rotatable bonds is 10. The van der Waals surface area contributed by atoms with Crippen LogP contribution in [0.3, 0.4) is 0 Å².